The van der Waals surface area contributed by atoms with Crippen LogP contribution in [0.1, 0.15) is 109 Å². The molecule has 0 aliphatic rings. The van der Waals surface area contributed by atoms with Gasteiger partial charge in [-0.25, -0.2) is 9.97 Å². The van der Waals surface area contributed by atoms with Gasteiger partial charge in [0.25, 0.3) is 0 Å². The Kier molecular flexibility index (Phi) is 11.5. The summed E-state index contributed by atoms with van der Waals surface area (Å²) in [5.41, 5.74) is 18.8. The third-order valence-electron chi connectivity index (χ3n) is 14.1. The first kappa shape index (κ1) is 46.2. The number of aromatic nitrogens is 5. The van der Waals surface area contributed by atoms with E-state index in [-0.39, 0.29) is 31.9 Å². The molecule has 0 N–H and O–H groups in total. The van der Waals surface area contributed by atoms with Crippen molar-refractivity contribution in [1.29, 1.82) is 0 Å². The monoisotopic (exact) mass is 1080 g/mol. The van der Waals surface area contributed by atoms with Gasteiger partial charge in [-0.1, -0.05) is 171 Å². The Labute approximate surface area is 420 Å². The van der Waals surface area contributed by atoms with Gasteiger partial charge in [0.1, 0.15) is 11.6 Å². The van der Waals surface area contributed by atoms with Crippen molar-refractivity contribution in [3.05, 3.63) is 180 Å². The van der Waals surface area contributed by atoms with Gasteiger partial charge in [-0.3, -0.25) is 4.57 Å². The topological polar surface area (TPSA) is 49.7 Å². The van der Waals surface area contributed by atoms with Crippen LogP contribution in [0.15, 0.2) is 146 Å². The van der Waals surface area contributed by atoms with E-state index in [1.54, 1.807) is 0 Å². The Bertz CT molecular complexity index is 3760. The Balaban J connectivity index is 0.00000553. The number of benzene rings is 7. The molecule has 346 valence electrons. The quantitative estimate of drug-likeness (QED) is 0.149. The van der Waals surface area contributed by atoms with Crippen LogP contribution in [0, 0.1) is 13.0 Å². The number of nitrogens with zero attached hydrogens (tertiary/aromatic N) is 5. The molecular formula is C63H59N5Pt. The Morgan fingerprint density at radius 1 is 0.580 bits per heavy atom. The number of pyridine rings is 1. The molecular weight excluding hydrogens is 1020 g/mol. The zero-order chi connectivity index (χ0) is 47.4. The number of aryl methyl sites for hydroxylation is 1. The average Bonchev–Trinajstić information content (AvgIpc) is 4.00. The smallest absolute Gasteiger partial charge is 0.656 e. The zero-order valence-corrected chi connectivity index (χ0v) is 43.8. The minimum absolute atomic E-state index is 0. The predicted octanol–water partition coefficient (Wildman–Crippen LogP) is 16.7. The Hall–Kier alpha value is -6.55. The first-order chi connectivity index (χ1) is 32.5. The summed E-state index contributed by atoms with van der Waals surface area (Å²) in [4.78, 5) is 16.1. The molecule has 11 aromatic rings. The summed E-state index contributed by atoms with van der Waals surface area (Å²) >= 11 is 0. The molecule has 0 atom stereocenters. The molecule has 0 aliphatic carbocycles. The fourth-order valence-corrected chi connectivity index (χ4v) is 10.4. The van der Waals surface area contributed by atoms with Crippen LogP contribution in [0.4, 0.5) is 0 Å². The van der Waals surface area contributed by atoms with Gasteiger partial charge in [0, 0.05) is 23.0 Å². The number of para-hydroxylation sites is 2. The Morgan fingerprint density at radius 3 is 2.00 bits per heavy atom. The molecule has 7 aromatic carbocycles. The molecule has 69 heavy (non-hydrogen) atoms. The summed E-state index contributed by atoms with van der Waals surface area (Å²) in [5, 5.41) is 4.58. The molecule has 0 aliphatic heterocycles. The normalized spacial score (nSPS) is 12.4. The van der Waals surface area contributed by atoms with E-state index in [9.17, 15) is 0 Å². The summed E-state index contributed by atoms with van der Waals surface area (Å²) in [6, 6.07) is 55.4. The molecule has 5 nitrogen and oxygen atoms in total. The number of hydrogen-bond donors (Lipinski definition) is 0. The molecule has 0 unspecified atom stereocenters. The summed E-state index contributed by atoms with van der Waals surface area (Å²) in [5.74, 6) is 2.49. The molecule has 0 saturated carbocycles. The summed E-state index contributed by atoms with van der Waals surface area (Å²) in [7, 11) is 0. The fourth-order valence-electron chi connectivity index (χ4n) is 10.4. The number of rotatable bonds is 7. The summed E-state index contributed by atoms with van der Waals surface area (Å²) in [6.07, 6.45) is 1.92. The Morgan fingerprint density at radius 2 is 1.28 bits per heavy atom. The minimum atomic E-state index is -0.168. The van der Waals surface area contributed by atoms with Crippen molar-refractivity contribution < 1.29 is 21.1 Å². The molecule has 0 spiro atoms. The SMILES string of the molecule is Cc1ccnc(-n2c3[c-]c(-c4cc(C(C)(C)C)cc5c4nc(-c4cccc6c4[n-]c4ccccc46)n5-c4cccc(C(C)(C)C)c4)ccc3c3ccc(-c4c(C(C)C)cccc4C(C)C)cc32)c1.[Pt+2]. The minimum Gasteiger partial charge on any atom is -0.656 e. The van der Waals surface area contributed by atoms with Crippen LogP contribution in [0.3, 0.4) is 0 Å². The molecule has 0 radical (unpaired) electrons. The zero-order valence-electron chi connectivity index (χ0n) is 41.6. The van der Waals surface area contributed by atoms with Gasteiger partial charge in [-0.2, -0.15) is 0 Å². The van der Waals surface area contributed by atoms with E-state index in [2.05, 4.69) is 231 Å². The van der Waals surface area contributed by atoms with Crippen LogP contribution in [0.25, 0.3) is 99.8 Å². The van der Waals surface area contributed by atoms with Crippen molar-refractivity contribution in [2.45, 2.75) is 98.8 Å². The largest absolute Gasteiger partial charge is 2.00 e. The van der Waals surface area contributed by atoms with Gasteiger partial charge in [0.2, 0.25) is 0 Å². The van der Waals surface area contributed by atoms with Crippen molar-refractivity contribution in [2.75, 3.05) is 0 Å². The molecule has 11 rings (SSSR count). The van der Waals surface area contributed by atoms with Crippen LogP contribution >= 0.6 is 0 Å². The van der Waals surface area contributed by atoms with Gasteiger partial charge >= 0.3 is 21.1 Å². The van der Waals surface area contributed by atoms with Gasteiger partial charge < -0.3 is 9.55 Å². The maximum absolute atomic E-state index is 5.76. The van der Waals surface area contributed by atoms with Crippen LogP contribution < -0.4 is 4.98 Å². The van der Waals surface area contributed by atoms with E-state index >= 15 is 0 Å². The molecule has 6 heteroatoms. The van der Waals surface area contributed by atoms with Gasteiger partial charge in [0.05, 0.1) is 11.0 Å². The number of fused-ring (bicyclic) bond motifs is 7. The van der Waals surface area contributed by atoms with E-state index < -0.39 is 0 Å². The first-order valence-corrected chi connectivity index (χ1v) is 24.2. The third kappa shape index (κ3) is 7.84. The number of hydrogen-bond acceptors (Lipinski definition) is 2. The van der Waals surface area contributed by atoms with Crippen LogP contribution in [0.2, 0.25) is 0 Å². The molecule has 0 fully saturated rings. The van der Waals surface area contributed by atoms with Crippen molar-refractivity contribution >= 4 is 54.6 Å². The number of imidazole rings is 1. The summed E-state index contributed by atoms with van der Waals surface area (Å²) < 4.78 is 4.71. The van der Waals surface area contributed by atoms with E-state index in [0.717, 1.165) is 88.8 Å². The van der Waals surface area contributed by atoms with E-state index in [1.807, 2.05) is 6.20 Å². The van der Waals surface area contributed by atoms with Gasteiger partial charge in [-0.05, 0) is 127 Å². The molecule has 4 aromatic heterocycles. The average molecular weight is 1080 g/mol. The molecule has 0 amide bonds. The first-order valence-electron chi connectivity index (χ1n) is 24.2. The van der Waals surface area contributed by atoms with Crippen LogP contribution in [-0.4, -0.2) is 19.1 Å². The van der Waals surface area contributed by atoms with Crippen molar-refractivity contribution in [3.63, 3.8) is 0 Å². The van der Waals surface area contributed by atoms with Crippen LogP contribution in [-0.2, 0) is 31.9 Å². The molecule has 4 heterocycles. The van der Waals surface area contributed by atoms with Gasteiger partial charge in [-0.15, -0.1) is 34.8 Å². The standard InChI is InChI=1S/C63H59N5.Pt/c1-37(2)45-20-15-21-46(38(3)4)58(45)41-26-28-49-48-27-25-40(32-54(48)68(55(49)33-41)57-31-39(5)29-30-64-57)52-35-43(63(9,10)11)36-56-60(52)66-61(67(56)44-18-14-17-42(34-44)62(6,7)8)51-23-16-22-50-47-19-12-13-24-53(47)65-59(50)51;/h12-31,33-38H,1-11H3;/q-2;+2. The second-order valence-corrected chi connectivity index (χ2v) is 21.6. The second kappa shape index (κ2) is 17.1. The fraction of sp³-hybridized carbons (Fsp3) is 0.238. The summed E-state index contributed by atoms with van der Waals surface area (Å²) in [6.45, 7) is 25.1. The second-order valence-electron chi connectivity index (χ2n) is 21.6. The van der Waals surface area contributed by atoms with Crippen molar-refractivity contribution in [2.24, 2.45) is 0 Å². The van der Waals surface area contributed by atoms with E-state index in [0.29, 0.717) is 11.8 Å². The maximum atomic E-state index is 5.76. The van der Waals surface area contributed by atoms with E-state index in [1.165, 1.54) is 38.8 Å². The van der Waals surface area contributed by atoms with Crippen molar-refractivity contribution in [1.82, 2.24) is 24.1 Å². The van der Waals surface area contributed by atoms with E-state index in [4.69, 9.17) is 15.0 Å². The predicted molar refractivity (Wildman–Crippen MR) is 287 cm³/mol. The van der Waals surface area contributed by atoms with Gasteiger partial charge in [0.15, 0.2) is 0 Å². The third-order valence-corrected chi connectivity index (χ3v) is 14.1. The molecule has 0 bridgehead atoms. The molecule has 0 saturated heterocycles. The van der Waals surface area contributed by atoms with Crippen molar-refractivity contribution in [3.8, 4) is 45.1 Å². The maximum Gasteiger partial charge on any atom is 2.00 e. The van der Waals surface area contributed by atoms with Crippen LogP contribution in [0.5, 0.6) is 0 Å².